The smallest absolute Gasteiger partial charge is 0.321 e. The second-order valence-corrected chi connectivity index (χ2v) is 6.16. The molecule has 0 atom stereocenters. The summed E-state index contributed by atoms with van der Waals surface area (Å²) < 4.78 is 1.71. The fourth-order valence-electron chi connectivity index (χ4n) is 3.13. The topological polar surface area (TPSA) is 66.3 Å². The predicted octanol–water partition coefficient (Wildman–Crippen LogP) is 2.32. The summed E-state index contributed by atoms with van der Waals surface area (Å²) in [6.45, 7) is 3.07. The first-order valence-electron chi connectivity index (χ1n) is 8.36. The number of nitrogens with zero attached hydrogens (tertiary/aromatic N) is 5. The van der Waals surface area contributed by atoms with E-state index in [4.69, 9.17) is 0 Å². The molecule has 0 spiro atoms. The number of carbonyl (C=O) groups is 1. The van der Waals surface area contributed by atoms with Gasteiger partial charge in [-0.2, -0.15) is 0 Å². The van der Waals surface area contributed by atoms with Crippen LogP contribution in [0.25, 0.3) is 11.0 Å². The van der Waals surface area contributed by atoms with E-state index in [0.29, 0.717) is 13.1 Å². The molecule has 1 fully saturated rings. The number of rotatable bonds is 2. The van der Waals surface area contributed by atoms with Crippen molar-refractivity contribution in [2.24, 2.45) is 7.05 Å². The van der Waals surface area contributed by atoms with E-state index in [1.165, 1.54) is 5.69 Å². The van der Waals surface area contributed by atoms with Gasteiger partial charge in [-0.3, -0.25) is 0 Å². The molecule has 1 aromatic heterocycles. The van der Waals surface area contributed by atoms with E-state index in [9.17, 15) is 4.79 Å². The zero-order valence-electron chi connectivity index (χ0n) is 14.1. The molecule has 0 radical (unpaired) electrons. The van der Waals surface area contributed by atoms with Crippen LogP contribution in [0.15, 0.2) is 48.5 Å². The van der Waals surface area contributed by atoms with Crippen molar-refractivity contribution < 1.29 is 4.79 Å². The minimum Gasteiger partial charge on any atom is -0.368 e. The van der Waals surface area contributed by atoms with Crippen molar-refractivity contribution in [2.45, 2.75) is 0 Å². The summed E-state index contributed by atoms with van der Waals surface area (Å²) in [5.74, 6) is 0. The molecule has 2 heterocycles. The van der Waals surface area contributed by atoms with Gasteiger partial charge in [0.15, 0.2) is 0 Å². The predicted molar refractivity (Wildman–Crippen MR) is 97.8 cm³/mol. The van der Waals surface area contributed by atoms with Gasteiger partial charge in [0.05, 0.1) is 5.52 Å². The van der Waals surface area contributed by atoms with Crippen LogP contribution in [0.4, 0.5) is 16.2 Å². The highest BCUT2D eigenvalue weighted by molar-refractivity contribution is 5.92. The van der Waals surface area contributed by atoms with E-state index in [2.05, 4.69) is 32.7 Å². The van der Waals surface area contributed by atoms with E-state index in [1.807, 2.05) is 48.3 Å². The molecular formula is C18H20N6O. The molecule has 0 unspecified atom stereocenters. The largest absolute Gasteiger partial charge is 0.368 e. The molecule has 128 valence electrons. The lowest BCUT2D eigenvalue weighted by Crippen LogP contribution is -2.50. The number of amides is 2. The normalized spacial score (nSPS) is 14.8. The third-order valence-electron chi connectivity index (χ3n) is 4.55. The van der Waals surface area contributed by atoms with Gasteiger partial charge < -0.3 is 15.1 Å². The molecule has 7 nitrogen and oxygen atoms in total. The maximum Gasteiger partial charge on any atom is 0.321 e. The van der Waals surface area contributed by atoms with Crippen molar-refractivity contribution in [2.75, 3.05) is 36.4 Å². The van der Waals surface area contributed by atoms with Crippen molar-refractivity contribution in [3.8, 4) is 0 Å². The Bertz CT molecular complexity index is 883. The lowest BCUT2D eigenvalue weighted by atomic mass is 10.2. The number of aromatic nitrogens is 3. The van der Waals surface area contributed by atoms with Gasteiger partial charge in [-0.1, -0.05) is 23.4 Å². The van der Waals surface area contributed by atoms with Gasteiger partial charge in [-0.05, 0) is 30.3 Å². The first-order chi connectivity index (χ1) is 12.2. The molecule has 1 aliphatic rings. The Balaban J connectivity index is 1.38. The third kappa shape index (κ3) is 3.13. The highest BCUT2D eigenvalue weighted by Gasteiger charge is 2.21. The Morgan fingerprint density at radius 3 is 2.56 bits per heavy atom. The van der Waals surface area contributed by atoms with Crippen LogP contribution < -0.4 is 10.2 Å². The summed E-state index contributed by atoms with van der Waals surface area (Å²) in [7, 11) is 1.85. The Kier molecular flexibility index (Phi) is 3.97. The highest BCUT2D eigenvalue weighted by Crippen LogP contribution is 2.18. The van der Waals surface area contributed by atoms with Crippen LogP contribution in [0.3, 0.4) is 0 Å². The maximum absolute atomic E-state index is 12.5. The molecule has 0 saturated carbocycles. The molecule has 4 rings (SSSR count). The number of hydrogen-bond donors (Lipinski definition) is 1. The van der Waals surface area contributed by atoms with Crippen LogP contribution in [-0.4, -0.2) is 52.1 Å². The first kappa shape index (κ1) is 15.4. The molecule has 7 heteroatoms. The van der Waals surface area contributed by atoms with Gasteiger partial charge in [-0.15, -0.1) is 5.10 Å². The second-order valence-electron chi connectivity index (χ2n) is 6.16. The minimum absolute atomic E-state index is 0.0732. The van der Waals surface area contributed by atoms with Gasteiger partial charge in [0.25, 0.3) is 0 Å². The molecule has 25 heavy (non-hydrogen) atoms. The number of anilines is 2. The molecule has 3 aromatic rings. The van der Waals surface area contributed by atoms with Crippen LogP contribution in [0, 0.1) is 0 Å². The monoisotopic (exact) mass is 336 g/mol. The Morgan fingerprint density at radius 2 is 1.80 bits per heavy atom. The summed E-state index contributed by atoms with van der Waals surface area (Å²) in [6, 6.07) is 15.9. The van der Waals surface area contributed by atoms with E-state index in [-0.39, 0.29) is 6.03 Å². The van der Waals surface area contributed by atoms with Crippen molar-refractivity contribution >= 4 is 28.4 Å². The third-order valence-corrected chi connectivity index (χ3v) is 4.55. The number of nitrogens with one attached hydrogen (secondary N) is 1. The number of aryl methyl sites for hydroxylation is 1. The lowest BCUT2D eigenvalue weighted by Gasteiger charge is -2.36. The SMILES string of the molecule is Cn1nnc2cc(NC(=O)N3CCN(c4ccccc4)CC3)ccc21. The van der Waals surface area contributed by atoms with Crippen LogP contribution in [0.5, 0.6) is 0 Å². The van der Waals surface area contributed by atoms with Gasteiger partial charge in [0.2, 0.25) is 0 Å². The van der Waals surface area contributed by atoms with Crippen molar-refractivity contribution in [3.05, 3.63) is 48.5 Å². The number of fused-ring (bicyclic) bond motifs is 1. The number of piperazine rings is 1. The average molecular weight is 336 g/mol. The van der Waals surface area contributed by atoms with E-state index < -0.39 is 0 Å². The van der Waals surface area contributed by atoms with Crippen molar-refractivity contribution in [3.63, 3.8) is 0 Å². The maximum atomic E-state index is 12.5. The number of urea groups is 1. The van der Waals surface area contributed by atoms with Crippen LogP contribution >= 0.6 is 0 Å². The van der Waals surface area contributed by atoms with E-state index in [1.54, 1.807) is 4.68 Å². The van der Waals surface area contributed by atoms with Crippen LogP contribution in [0.2, 0.25) is 0 Å². The highest BCUT2D eigenvalue weighted by atomic mass is 16.2. The summed E-state index contributed by atoms with van der Waals surface area (Å²) in [6.07, 6.45) is 0. The lowest BCUT2D eigenvalue weighted by molar-refractivity contribution is 0.208. The van der Waals surface area contributed by atoms with E-state index >= 15 is 0 Å². The van der Waals surface area contributed by atoms with Crippen molar-refractivity contribution in [1.29, 1.82) is 0 Å². The van der Waals surface area contributed by atoms with Crippen LogP contribution in [-0.2, 0) is 7.05 Å². The molecule has 1 aliphatic heterocycles. The minimum atomic E-state index is -0.0732. The Morgan fingerprint density at radius 1 is 1.04 bits per heavy atom. The molecule has 1 N–H and O–H groups in total. The zero-order valence-corrected chi connectivity index (χ0v) is 14.1. The zero-order chi connectivity index (χ0) is 17.2. The standard InChI is InChI=1S/C18H20N6O/c1-22-17-8-7-14(13-16(17)20-21-22)19-18(25)24-11-9-23(10-12-24)15-5-3-2-4-6-15/h2-8,13H,9-12H2,1H3,(H,19,25). The van der Waals surface area contributed by atoms with Gasteiger partial charge >= 0.3 is 6.03 Å². The van der Waals surface area contributed by atoms with E-state index in [0.717, 1.165) is 29.8 Å². The summed E-state index contributed by atoms with van der Waals surface area (Å²) in [5, 5.41) is 11.0. The van der Waals surface area contributed by atoms with Crippen molar-refractivity contribution in [1.82, 2.24) is 19.9 Å². The van der Waals surface area contributed by atoms with Gasteiger partial charge in [0.1, 0.15) is 5.52 Å². The number of hydrogen-bond acceptors (Lipinski definition) is 4. The molecule has 1 saturated heterocycles. The van der Waals surface area contributed by atoms with Gasteiger partial charge in [-0.25, -0.2) is 9.48 Å². The number of para-hydroxylation sites is 1. The summed E-state index contributed by atoms with van der Waals surface area (Å²) in [5.41, 5.74) is 3.66. The quantitative estimate of drug-likeness (QED) is 0.780. The fourth-order valence-corrected chi connectivity index (χ4v) is 3.13. The number of carbonyl (C=O) groups excluding carboxylic acids is 1. The second kappa shape index (κ2) is 6.43. The van der Waals surface area contributed by atoms with Gasteiger partial charge in [0, 0.05) is 44.6 Å². The Labute approximate surface area is 145 Å². The van der Waals surface area contributed by atoms with Crippen LogP contribution in [0.1, 0.15) is 0 Å². The molecule has 2 amide bonds. The molecule has 0 aliphatic carbocycles. The molecular weight excluding hydrogens is 316 g/mol. The average Bonchev–Trinajstić information content (AvgIpc) is 3.03. The summed E-state index contributed by atoms with van der Waals surface area (Å²) >= 11 is 0. The summed E-state index contributed by atoms with van der Waals surface area (Å²) in [4.78, 5) is 16.7. The number of benzene rings is 2. The first-order valence-corrected chi connectivity index (χ1v) is 8.36. The fraction of sp³-hybridized carbons (Fsp3) is 0.278. The molecule has 2 aromatic carbocycles. The molecule has 0 bridgehead atoms. The Hall–Kier alpha value is -3.09.